The minimum absolute atomic E-state index is 0.0693. The topological polar surface area (TPSA) is 43.4 Å². The fourth-order valence-corrected chi connectivity index (χ4v) is 1.78. The number of carbonyl (C=O) groups is 2. The average Bonchev–Trinajstić information content (AvgIpc) is 2.27. The van der Waals surface area contributed by atoms with E-state index in [2.05, 4.69) is 0 Å². The second kappa shape index (κ2) is 5.53. The van der Waals surface area contributed by atoms with Gasteiger partial charge >= 0.3 is 0 Å². The van der Waals surface area contributed by atoms with Crippen molar-refractivity contribution in [3.8, 4) is 5.75 Å². The summed E-state index contributed by atoms with van der Waals surface area (Å²) in [7, 11) is 1.52. The quantitative estimate of drug-likeness (QED) is 0.788. The molecule has 0 aliphatic carbocycles. The van der Waals surface area contributed by atoms with Crippen LogP contribution in [0.15, 0.2) is 18.2 Å². The van der Waals surface area contributed by atoms with Crippen molar-refractivity contribution in [2.24, 2.45) is 5.41 Å². The lowest BCUT2D eigenvalue weighted by Crippen LogP contribution is -2.29. The van der Waals surface area contributed by atoms with Crippen molar-refractivity contribution < 1.29 is 14.3 Å². The van der Waals surface area contributed by atoms with Crippen LogP contribution in [0.1, 0.15) is 26.3 Å². The third-order valence-corrected chi connectivity index (χ3v) is 2.81. The van der Waals surface area contributed by atoms with E-state index in [9.17, 15) is 9.59 Å². The average molecular weight is 269 g/mol. The summed E-state index contributed by atoms with van der Waals surface area (Å²) in [4.78, 5) is 23.6. The fourth-order valence-electron chi connectivity index (χ4n) is 1.50. The maximum atomic E-state index is 11.8. The van der Waals surface area contributed by atoms with E-state index >= 15 is 0 Å². The molecule has 0 N–H and O–H groups in total. The molecule has 0 saturated carbocycles. The molecule has 0 radical (unpaired) electrons. The monoisotopic (exact) mass is 268 g/mol. The van der Waals surface area contributed by atoms with Crippen LogP contribution in [0.5, 0.6) is 5.75 Å². The summed E-state index contributed by atoms with van der Waals surface area (Å²) in [5.74, 6) is -0.215. The minimum atomic E-state index is -0.645. The number of ether oxygens (including phenoxy) is 1. The number of carbonyl (C=O) groups excluding carboxylic acids is 2. The molecule has 3 nitrogen and oxygen atoms in total. The predicted molar refractivity (Wildman–Crippen MR) is 71.2 cm³/mol. The second-order valence-corrected chi connectivity index (χ2v) is 5.56. The van der Waals surface area contributed by atoms with Crippen molar-refractivity contribution in [3.63, 3.8) is 0 Å². The van der Waals surface area contributed by atoms with Crippen LogP contribution in [0.25, 0.3) is 0 Å². The zero-order valence-electron chi connectivity index (χ0n) is 11.0. The van der Waals surface area contributed by atoms with Crippen molar-refractivity contribution in [1.29, 1.82) is 0 Å². The Morgan fingerprint density at radius 3 is 2.33 bits per heavy atom. The Morgan fingerprint density at radius 1 is 1.28 bits per heavy atom. The smallest absolute Gasteiger partial charge is 0.204 e. The van der Waals surface area contributed by atoms with Crippen molar-refractivity contribution in [1.82, 2.24) is 0 Å². The van der Waals surface area contributed by atoms with Gasteiger partial charge in [0.15, 0.2) is 0 Å². The van der Waals surface area contributed by atoms with Gasteiger partial charge in [0, 0.05) is 11.8 Å². The van der Waals surface area contributed by atoms with Crippen molar-refractivity contribution in [2.75, 3.05) is 7.11 Å². The highest BCUT2D eigenvalue weighted by atomic mass is 35.5. The van der Waals surface area contributed by atoms with E-state index in [1.807, 2.05) is 0 Å². The van der Waals surface area contributed by atoms with E-state index in [1.165, 1.54) is 7.11 Å². The van der Waals surface area contributed by atoms with E-state index in [1.54, 1.807) is 39.0 Å². The summed E-state index contributed by atoms with van der Waals surface area (Å²) in [6.45, 7) is 5.19. The summed E-state index contributed by atoms with van der Waals surface area (Å²) in [5.41, 5.74) is 0.0660. The Hall–Kier alpha value is -1.35. The largest absolute Gasteiger partial charge is 0.495 e. The van der Waals surface area contributed by atoms with Gasteiger partial charge < -0.3 is 4.74 Å². The Bertz CT molecular complexity index is 472. The van der Waals surface area contributed by atoms with E-state index in [4.69, 9.17) is 16.3 Å². The number of methoxy groups -OCH3 is 1. The van der Waals surface area contributed by atoms with Gasteiger partial charge in [0.2, 0.25) is 11.6 Å². The third kappa shape index (κ3) is 3.57. The number of rotatable bonds is 4. The normalized spacial score (nSPS) is 11.2. The molecule has 0 aliphatic heterocycles. The van der Waals surface area contributed by atoms with Crippen LogP contribution in [-0.2, 0) is 16.0 Å². The van der Waals surface area contributed by atoms with Gasteiger partial charge in [-0.2, -0.15) is 0 Å². The van der Waals surface area contributed by atoms with Crippen LogP contribution in [0.3, 0.4) is 0 Å². The lowest BCUT2D eigenvalue weighted by molar-refractivity contribution is -0.140. The predicted octanol–water partition coefficient (Wildman–Crippen LogP) is 3.08. The number of hydrogen-bond acceptors (Lipinski definition) is 3. The van der Waals surface area contributed by atoms with E-state index in [0.29, 0.717) is 16.3 Å². The first-order valence-electron chi connectivity index (χ1n) is 5.65. The number of hydrogen-bond donors (Lipinski definition) is 0. The molecule has 0 spiro atoms. The summed E-state index contributed by atoms with van der Waals surface area (Å²) >= 11 is 5.96. The number of benzene rings is 1. The van der Waals surface area contributed by atoms with E-state index in [0.717, 1.165) is 0 Å². The maximum Gasteiger partial charge on any atom is 0.204 e. The maximum absolute atomic E-state index is 11.8. The fraction of sp³-hybridized carbons (Fsp3) is 0.429. The van der Waals surface area contributed by atoms with Gasteiger partial charge in [0.25, 0.3) is 0 Å². The first-order chi connectivity index (χ1) is 8.25. The van der Waals surface area contributed by atoms with Crippen LogP contribution < -0.4 is 4.74 Å². The van der Waals surface area contributed by atoms with E-state index < -0.39 is 11.2 Å². The SMILES string of the molecule is COc1ccc(CC(=O)C(=O)C(C)(C)C)cc1Cl. The van der Waals surface area contributed by atoms with Crippen LogP contribution in [0.4, 0.5) is 0 Å². The van der Waals surface area contributed by atoms with Crippen LogP contribution in [0.2, 0.25) is 5.02 Å². The van der Waals surface area contributed by atoms with Crippen LogP contribution >= 0.6 is 11.6 Å². The first kappa shape index (κ1) is 14.7. The summed E-state index contributed by atoms with van der Waals surface area (Å²) < 4.78 is 5.02. The molecule has 0 bridgehead atoms. The van der Waals surface area contributed by atoms with Crippen LogP contribution in [0, 0.1) is 5.41 Å². The molecule has 1 aromatic carbocycles. The molecule has 0 amide bonds. The van der Waals surface area contributed by atoms with Gasteiger partial charge in [0.1, 0.15) is 5.75 Å². The Kier molecular flexibility index (Phi) is 4.52. The Labute approximate surface area is 112 Å². The molecule has 0 saturated heterocycles. The number of Topliss-reactive ketones (excluding diaryl/α,β-unsaturated/α-hetero) is 2. The number of ketones is 2. The minimum Gasteiger partial charge on any atom is -0.495 e. The van der Waals surface area contributed by atoms with Gasteiger partial charge in [-0.15, -0.1) is 0 Å². The molecule has 0 unspecified atom stereocenters. The highest BCUT2D eigenvalue weighted by molar-refractivity contribution is 6.39. The molecule has 1 rings (SSSR count). The Morgan fingerprint density at radius 2 is 1.89 bits per heavy atom. The van der Waals surface area contributed by atoms with E-state index in [-0.39, 0.29) is 12.2 Å². The molecule has 0 atom stereocenters. The second-order valence-electron chi connectivity index (χ2n) is 5.15. The highest BCUT2D eigenvalue weighted by Crippen LogP contribution is 2.25. The third-order valence-electron chi connectivity index (χ3n) is 2.52. The van der Waals surface area contributed by atoms with Gasteiger partial charge in [-0.3, -0.25) is 9.59 Å². The van der Waals surface area contributed by atoms with Gasteiger partial charge in [0.05, 0.1) is 12.1 Å². The summed E-state index contributed by atoms with van der Waals surface area (Å²) in [6, 6.07) is 5.07. The standard InChI is InChI=1S/C14H17ClO3/c1-14(2,3)13(17)11(16)8-9-5-6-12(18-4)10(15)7-9/h5-7H,8H2,1-4H3. The zero-order chi connectivity index (χ0) is 13.9. The summed E-state index contributed by atoms with van der Waals surface area (Å²) in [6.07, 6.45) is 0.0693. The molecule has 98 valence electrons. The molecule has 1 aromatic rings. The zero-order valence-corrected chi connectivity index (χ0v) is 11.8. The molecular weight excluding hydrogens is 252 g/mol. The first-order valence-corrected chi connectivity index (χ1v) is 6.03. The lowest BCUT2D eigenvalue weighted by atomic mass is 9.86. The number of halogens is 1. The van der Waals surface area contributed by atoms with Gasteiger partial charge in [-0.05, 0) is 17.7 Å². The molecule has 18 heavy (non-hydrogen) atoms. The molecule has 0 fully saturated rings. The highest BCUT2D eigenvalue weighted by Gasteiger charge is 2.27. The van der Waals surface area contributed by atoms with Crippen LogP contribution in [-0.4, -0.2) is 18.7 Å². The molecule has 4 heteroatoms. The Balaban J connectivity index is 2.83. The van der Waals surface area contributed by atoms with Crippen molar-refractivity contribution >= 4 is 23.2 Å². The van der Waals surface area contributed by atoms with Crippen molar-refractivity contribution in [2.45, 2.75) is 27.2 Å². The summed E-state index contributed by atoms with van der Waals surface area (Å²) in [5, 5.41) is 0.436. The van der Waals surface area contributed by atoms with Crippen molar-refractivity contribution in [3.05, 3.63) is 28.8 Å². The molecular formula is C14H17ClO3. The molecule has 0 aliphatic rings. The molecule has 0 aromatic heterocycles. The van der Waals surface area contributed by atoms with Gasteiger partial charge in [-0.1, -0.05) is 38.4 Å². The van der Waals surface area contributed by atoms with Gasteiger partial charge in [-0.25, -0.2) is 0 Å². The lowest BCUT2D eigenvalue weighted by Gasteiger charge is -2.15. The molecule has 0 heterocycles.